The molecule has 0 saturated carbocycles. The topological polar surface area (TPSA) is 67.9 Å². The van der Waals surface area contributed by atoms with Crippen molar-refractivity contribution in [1.29, 1.82) is 0 Å². The Morgan fingerprint density at radius 2 is 2.00 bits per heavy atom. The van der Waals surface area contributed by atoms with Crippen molar-refractivity contribution in [2.45, 2.75) is 18.9 Å². The average molecular weight is 229 g/mol. The van der Waals surface area contributed by atoms with Crippen LogP contribution in [0.15, 0.2) is 24.3 Å². The van der Waals surface area contributed by atoms with E-state index in [9.17, 15) is 0 Å². The maximum atomic E-state index is 5.96. The molecule has 3 rings (SSSR count). The number of hydrogen-bond donors (Lipinski definition) is 1. The summed E-state index contributed by atoms with van der Waals surface area (Å²) in [7, 11) is 0. The Kier molecular flexibility index (Phi) is 2.60. The first-order chi connectivity index (χ1) is 8.33. The summed E-state index contributed by atoms with van der Waals surface area (Å²) in [6, 6.07) is 8.00. The van der Waals surface area contributed by atoms with Crippen LogP contribution in [0.3, 0.4) is 0 Å². The second-order valence-corrected chi connectivity index (χ2v) is 4.45. The van der Waals surface area contributed by atoms with E-state index < -0.39 is 0 Å². The SMILES string of the molecule is N[C@@H]1CCCN(c2nnc3ccccc3n2)C1. The molecule has 1 aromatic carbocycles. The third-order valence-electron chi connectivity index (χ3n) is 3.09. The summed E-state index contributed by atoms with van der Waals surface area (Å²) in [5, 5.41) is 8.36. The van der Waals surface area contributed by atoms with Gasteiger partial charge >= 0.3 is 0 Å². The molecule has 2 aromatic rings. The maximum absolute atomic E-state index is 5.96. The molecule has 1 aliphatic heterocycles. The first kappa shape index (κ1) is 10.4. The number of rotatable bonds is 1. The Labute approximate surface area is 99.7 Å². The summed E-state index contributed by atoms with van der Waals surface area (Å²) >= 11 is 0. The molecule has 2 heterocycles. The fourth-order valence-electron chi connectivity index (χ4n) is 2.20. The summed E-state index contributed by atoms with van der Waals surface area (Å²) in [5.74, 6) is 0.693. The molecule has 0 radical (unpaired) electrons. The van der Waals surface area contributed by atoms with Crippen LogP contribution in [0.1, 0.15) is 12.8 Å². The predicted molar refractivity (Wildman–Crippen MR) is 66.8 cm³/mol. The zero-order valence-electron chi connectivity index (χ0n) is 9.58. The van der Waals surface area contributed by atoms with Crippen LogP contribution in [0.25, 0.3) is 11.0 Å². The van der Waals surface area contributed by atoms with Gasteiger partial charge in [0.2, 0.25) is 5.95 Å². The van der Waals surface area contributed by atoms with Gasteiger partial charge < -0.3 is 10.6 Å². The smallest absolute Gasteiger partial charge is 0.245 e. The quantitative estimate of drug-likeness (QED) is 0.788. The summed E-state index contributed by atoms with van der Waals surface area (Å²) < 4.78 is 0. The number of anilines is 1. The molecule has 1 fully saturated rings. The molecule has 1 atom stereocenters. The fraction of sp³-hybridized carbons (Fsp3) is 0.417. The number of para-hydroxylation sites is 1. The van der Waals surface area contributed by atoms with Gasteiger partial charge in [0.1, 0.15) is 5.52 Å². The Morgan fingerprint density at radius 1 is 1.18 bits per heavy atom. The number of benzene rings is 1. The minimum atomic E-state index is 0.221. The number of piperidine rings is 1. The number of nitrogens with zero attached hydrogens (tertiary/aromatic N) is 4. The van der Waals surface area contributed by atoms with E-state index in [-0.39, 0.29) is 6.04 Å². The molecule has 0 unspecified atom stereocenters. The van der Waals surface area contributed by atoms with Crippen LogP contribution in [0, 0.1) is 0 Å². The van der Waals surface area contributed by atoms with E-state index in [4.69, 9.17) is 5.73 Å². The number of nitrogens with two attached hydrogens (primary N) is 1. The molecule has 0 amide bonds. The van der Waals surface area contributed by atoms with Gasteiger partial charge in [0, 0.05) is 19.1 Å². The van der Waals surface area contributed by atoms with Crippen molar-refractivity contribution in [2.24, 2.45) is 5.73 Å². The molecule has 1 saturated heterocycles. The highest BCUT2D eigenvalue weighted by molar-refractivity contribution is 5.74. The molecule has 5 heteroatoms. The number of hydrogen-bond acceptors (Lipinski definition) is 5. The van der Waals surface area contributed by atoms with Crippen molar-refractivity contribution in [3.63, 3.8) is 0 Å². The Balaban J connectivity index is 1.94. The maximum Gasteiger partial charge on any atom is 0.245 e. The normalized spacial score (nSPS) is 20.8. The largest absolute Gasteiger partial charge is 0.338 e. The lowest BCUT2D eigenvalue weighted by Gasteiger charge is -2.30. The third-order valence-corrected chi connectivity index (χ3v) is 3.09. The molecule has 0 bridgehead atoms. The van der Waals surface area contributed by atoms with Crippen LogP contribution in [0.2, 0.25) is 0 Å². The van der Waals surface area contributed by atoms with E-state index in [1.54, 1.807) is 0 Å². The molecule has 0 aliphatic carbocycles. The molecule has 88 valence electrons. The standard InChI is InChI=1S/C12H15N5/c13-9-4-3-7-17(8-9)12-14-10-5-1-2-6-11(10)15-16-12/h1-2,5-6,9H,3-4,7-8,13H2/t9-/m1/s1. The first-order valence-corrected chi connectivity index (χ1v) is 5.93. The van der Waals surface area contributed by atoms with E-state index >= 15 is 0 Å². The van der Waals surface area contributed by atoms with Crippen molar-refractivity contribution in [3.8, 4) is 0 Å². The second-order valence-electron chi connectivity index (χ2n) is 4.45. The minimum Gasteiger partial charge on any atom is -0.338 e. The van der Waals surface area contributed by atoms with Gasteiger partial charge in [-0.15, -0.1) is 10.2 Å². The Bertz CT molecular complexity index is 527. The molecule has 17 heavy (non-hydrogen) atoms. The van der Waals surface area contributed by atoms with E-state index in [0.717, 1.165) is 37.0 Å². The van der Waals surface area contributed by atoms with E-state index in [0.29, 0.717) is 5.95 Å². The zero-order valence-corrected chi connectivity index (χ0v) is 9.58. The third kappa shape index (κ3) is 2.06. The summed E-state index contributed by atoms with van der Waals surface area (Å²) in [6.07, 6.45) is 2.18. The second kappa shape index (κ2) is 4.25. The van der Waals surface area contributed by atoms with Crippen molar-refractivity contribution in [1.82, 2.24) is 15.2 Å². The highest BCUT2D eigenvalue weighted by Gasteiger charge is 2.19. The molecule has 5 nitrogen and oxygen atoms in total. The van der Waals surface area contributed by atoms with Gasteiger partial charge in [-0.25, -0.2) is 4.98 Å². The van der Waals surface area contributed by atoms with Gasteiger partial charge in [0.15, 0.2) is 0 Å². The van der Waals surface area contributed by atoms with Crippen LogP contribution in [0.5, 0.6) is 0 Å². The first-order valence-electron chi connectivity index (χ1n) is 5.93. The van der Waals surface area contributed by atoms with E-state index in [2.05, 4.69) is 20.1 Å². The van der Waals surface area contributed by atoms with E-state index in [1.165, 1.54) is 0 Å². The molecule has 1 aliphatic rings. The monoisotopic (exact) mass is 229 g/mol. The lowest BCUT2D eigenvalue weighted by molar-refractivity contribution is 0.499. The van der Waals surface area contributed by atoms with Crippen molar-refractivity contribution in [3.05, 3.63) is 24.3 Å². The van der Waals surface area contributed by atoms with Gasteiger partial charge in [0.25, 0.3) is 0 Å². The van der Waals surface area contributed by atoms with Crippen LogP contribution in [0.4, 0.5) is 5.95 Å². The lowest BCUT2D eigenvalue weighted by Crippen LogP contribution is -2.43. The minimum absolute atomic E-state index is 0.221. The molecular formula is C12H15N5. The zero-order chi connectivity index (χ0) is 11.7. The summed E-state index contributed by atoms with van der Waals surface area (Å²) in [6.45, 7) is 1.79. The molecular weight excluding hydrogens is 214 g/mol. The molecule has 2 N–H and O–H groups in total. The lowest BCUT2D eigenvalue weighted by atomic mass is 10.1. The van der Waals surface area contributed by atoms with Crippen molar-refractivity contribution >= 4 is 17.0 Å². The highest BCUT2D eigenvalue weighted by atomic mass is 15.3. The van der Waals surface area contributed by atoms with Gasteiger partial charge in [-0.1, -0.05) is 12.1 Å². The highest BCUT2D eigenvalue weighted by Crippen LogP contribution is 2.16. The average Bonchev–Trinajstić information content (AvgIpc) is 2.38. The number of aromatic nitrogens is 3. The fourth-order valence-corrected chi connectivity index (χ4v) is 2.20. The molecule has 0 spiro atoms. The van der Waals surface area contributed by atoms with Crippen LogP contribution >= 0.6 is 0 Å². The van der Waals surface area contributed by atoms with Crippen molar-refractivity contribution < 1.29 is 0 Å². The summed E-state index contributed by atoms with van der Waals surface area (Å²) in [4.78, 5) is 6.65. The summed E-state index contributed by atoms with van der Waals surface area (Å²) in [5.41, 5.74) is 7.67. The van der Waals surface area contributed by atoms with Gasteiger partial charge in [-0.3, -0.25) is 0 Å². The van der Waals surface area contributed by atoms with Crippen LogP contribution in [-0.4, -0.2) is 34.3 Å². The van der Waals surface area contributed by atoms with Crippen LogP contribution in [-0.2, 0) is 0 Å². The Morgan fingerprint density at radius 3 is 2.82 bits per heavy atom. The van der Waals surface area contributed by atoms with Gasteiger partial charge in [0.05, 0.1) is 5.52 Å². The molecule has 1 aromatic heterocycles. The van der Waals surface area contributed by atoms with Gasteiger partial charge in [-0.2, -0.15) is 0 Å². The van der Waals surface area contributed by atoms with Gasteiger partial charge in [-0.05, 0) is 25.0 Å². The number of fused-ring (bicyclic) bond motifs is 1. The van der Waals surface area contributed by atoms with Crippen molar-refractivity contribution in [2.75, 3.05) is 18.0 Å². The Hall–Kier alpha value is -1.75. The predicted octanol–water partition coefficient (Wildman–Crippen LogP) is 0.952. The van der Waals surface area contributed by atoms with E-state index in [1.807, 2.05) is 24.3 Å². The van der Waals surface area contributed by atoms with Crippen LogP contribution < -0.4 is 10.6 Å².